The first kappa shape index (κ1) is 11.0. The van der Waals surface area contributed by atoms with Gasteiger partial charge in [0.25, 0.3) is 0 Å². The second kappa shape index (κ2) is 4.27. The number of imidazole rings is 1. The zero-order valence-corrected chi connectivity index (χ0v) is 11.9. The number of aromatic nitrogens is 2. The van der Waals surface area contributed by atoms with Crippen LogP contribution in [-0.4, -0.2) is 9.55 Å². The molecule has 0 saturated carbocycles. The first-order valence-electron chi connectivity index (χ1n) is 5.13. The van der Waals surface area contributed by atoms with Crippen LogP contribution in [0.5, 0.6) is 0 Å². The van der Waals surface area contributed by atoms with Gasteiger partial charge in [-0.25, -0.2) is 4.98 Å². The van der Waals surface area contributed by atoms with Crippen LogP contribution < -0.4 is 0 Å². The lowest BCUT2D eigenvalue weighted by molar-refractivity contribution is 1.09. The van der Waals surface area contributed by atoms with Gasteiger partial charge in [0.05, 0.1) is 5.52 Å². The van der Waals surface area contributed by atoms with Gasteiger partial charge >= 0.3 is 0 Å². The SMILES string of the molecule is Brc1ccc(-n2cnc3c(Br)cccc32)cc1. The molecule has 0 aliphatic heterocycles. The first-order valence-corrected chi connectivity index (χ1v) is 6.72. The van der Waals surface area contributed by atoms with Gasteiger partial charge in [0, 0.05) is 14.6 Å². The van der Waals surface area contributed by atoms with Crippen molar-refractivity contribution in [2.24, 2.45) is 0 Å². The van der Waals surface area contributed by atoms with Crippen LogP contribution in [0.3, 0.4) is 0 Å². The molecule has 0 aliphatic carbocycles. The molecule has 84 valence electrons. The molecule has 17 heavy (non-hydrogen) atoms. The van der Waals surface area contributed by atoms with Crippen LogP contribution in [0.25, 0.3) is 16.7 Å². The van der Waals surface area contributed by atoms with Gasteiger partial charge in [-0.2, -0.15) is 0 Å². The molecule has 1 aromatic heterocycles. The highest BCUT2D eigenvalue weighted by atomic mass is 79.9. The van der Waals surface area contributed by atoms with E-state index in [2.05, 4.69) is 59.6 Å². The average Bonchev–Trinajstić information content (AvgIpc) is 2.75. The fourth-order valence-corrected chi connectivity index (χ4v) is 2.53. The smallest absolute Gasteiger partial charge is 0.103 e. The number of halogens is 2. The summed E-state index contributed by atoms with van der Waals surface area (Å²) < 4.78 is 4.17. The van der Waals surface area contributed by atoms with Gasteiger partial charge in [-0.05, 0) is 52.3 Å². The molecule has 0 saturated heterocycles. The molecule has 2 nitrogen and oxygen atoms in total. The van der Waals surface area contributed by atoms with E-state index >= 15 is 0 Å². The minimum absolute atomic E-state index is 0.982. The van der Waals surface area contributed by atoms with E-state index in [0.29, 0.717) is 0 Å². The van der Waals surface area contributed by atoms with Crippen molar-refractivity contribution in [3.8, 4) is 5.69 Å². The van der Waals surface area contributed by atoms with Crippen molar-refractivity contribution in [1.82, 2.24) is 9.55 Å². The summed E-state index contributed by atoms with van der Waals surface area (Å²) >= 11 is 6.95. The number of rotatable bonds is 1. The fourth-order valence-electron chi connectivity index (χ4n) is 1.81. The van der Waals surface area contributed by atoms with Crippen LogP contribution in [0.2, 0.25) is 0 Å². The van der Waals surface area contributed by atoms with Crippen molar-refractivity contribution in [1.29, 1.82) is 0 Å². The maximum absolute atomic E-state index is 4.42. The van der Waals surface area contributed by atoms with Gasteiger partial charge in [0.2, 0.25) is 0 Å². The van der Waals surface area contributed by atoms with Crippen LogP contribution in [0.4, 0.5) is 0 Å². The first-order chi connectivity index (χ1) is 8.25. The molecule has 0 N–H and O–H groups in total. The minimum atomic E-state index is 0.982. The maximum atomic E-state index is 4.42. The maximum Gasteiger partial charge on any atom is 0.103 e. The van der Waals surface area contributed by atoms with Crippen molar-refractivity contribution < 1.29 is 0 Å². The zero-order valence-electron chi connectivity index (χ0n) is 8.77. The Morgan fingerprint density at radius 3 is 2.47 bits per heavy atom. The van der Waals surface area contributed by atoms with Crippen LogP contribution >= 0.6 is 31.9 Å². The predicted molar refractivity (Wildman–Crippen MR) is 76.5 cm³/mol. The van der Waals surface area contributed by atoms with E-state index in [0.717, 1.165) is 25.7 Å². The second-order valence-electron chi connectivity index (χ2n) is 3.70. The summed E-state index contributed by atoms with van der Waals surface area (Å²) in [6, 6.07) is 14.3. The topological polar surface area (TPSA) is 17.8 Å². The Morgan fingerprint density at radius 2 is 1.71 bits per heavy atom. The van der Waals surface area contributed by atoms with E-state index < -0.39 is 0 Å². The summed E-state index contributed by atoms with van der Waals surface area (Å²) in [6.45, 7) is 0. The lowest BCUT2D eigenvalue weighted by atomic mass is 10.3. The minimum Gasteiger partial charge on any atom is -0.299 e. The fraction of sp³-hybridized carbons (Fsp3) is 0. The van der Waals surface area contributed by atoms with Gasteiger partial charge in [-0.3, -0.25) is 4.57 Å². The van der Waals surface area contributed by atoms with Gasteiger partial charge in [0.1, 0.15) is 11.8 Å². The number of para-hydroxylation sites is 1. The summed E-state index contributed by atoms with van der Waals surface area (Å²) in [5, 5.41) is 0. The van der Waals surface area contributed by atoms with E-state index in [1.165, 1.54) is 0 Å². The van der Waals surface area contributed by atoms with Crippen molar-refractivity contribution >= 4 is 42.9 Å². The molecule has 0 amide bonds. The van der Waals surface area contributed by atoms with Gasteiger partial charge in [-0.15, -0.1) is 0 Å². The highest BCUT2D eigenvalue weighted by Gasteiger charge is 2.06. The monoisotopic (exact) mass is 350 g/mol. The summed E-state index contributed by atoms with van der Waals surface area (Å²) in [4.78, 5) is 4.42. The third kappa shape index (κ3) is 1.91. The number of fused-ring (bicyclic) bond motifs is 1. The average molecular weight is 352 g/mol. The standard InChI is InChI=1S/C13H8Br2N2/c14-9-4-6-10(7-5-9)17-8-16-13-11(15)2-1-3-12(13)17/h1-8H. The lowest BCUT2D eigenvalue weighted by Crippen LogP contribution is -1.90. The van der Waals surface area contributed by atoms with E-state index in [1.807, 2.05) is 30.6 Å². The summed E-state index contributed by atoms with van der Waals surface area (Å²) in [5.74, 6) is 0. The van der Waals surface area contributed by atoms with Crippen LogP contribution in [-0.2, 0) is 0 Å². The molecular formula is C13H8Br2N2. The van der Waals surface area contributed by atoms with Gasteiger partial charge in [-0.1, -0.05) is 22.0 Å². The highest BCUT2D eigenvalue weighted by Crippen LogP contribution is 2.25. The Bertz CT molecular complexity index is 671. The van der Waals surface area contributed by atoms with Crippen LogP contribution in [0, 0.1) is 0 Å². The molecule has 0 atom stereocenters. The van der Waals surface area contributed by atoms with Crippen LogP contribution in [0.1, 0.15) is 0 Å². The van der Waals surface area contributed by atoms with Crippen molar-refractivity contribution in [3.05, 3.63) is 57.7 Å². The Labute approximate surface area is 116 Å². The number of benzene rings is 2. The molecule has 1 heterocycles. The highest BCUT2D eigenvalue weighted by molar-refractivity contribution is 9.11. The Morgan fingerprint density at radius 1 is 0.941 bits per heavy atom. The molecule has 0 bridgehead atoms. The lowest BCUT2D eigenvalue weighted by Gasteiger charge is -2.04. The summed E-state index contributed by atoms with van der Waals surface area (Å²) in [7, 11) is 0. The van der Waals surface area contributed by atoms with E-state index in [4.69, 9.17) is 0 Å². The van der Waals surface area contributed by atoms with Gasteiger partial charge < -0.3 is 0 Å². The van der Waals surface area contributed by atoms with E-state index in [1.54, 1.807) is 0 Å². The molecule has 2 aromatic carbocycles. The Kier molecular flexibility index (Phi) is 2.76. The molecular weight excluding hydrogens is 344 g/mol. The molecule has 3 aromatic rings. The summed E-state index contributed by atoms with van der Waals surface area (Å²) in [5.41, 5.74) is 3.19. The molecule has 0 aliphatic rings. The quantitative estimate of drug-likeness (QED) is 0.628. The molecule has 0 fully saturated rings. The Hall–Kier alpha value is -1.13. The van der Waals surface area contributed by atoms with Crippen molar-refractivity contribution in [3.63, 3.8) is 0 Å². The van der Waals surface area contributed by atoms with Crippen LogP contribution in [0.15, 0.2) is 57.7 Å². The number of hydrogen-bond acceptors (Lipinski definition) is 1. The molecule has 0 radical (unpaired) electrons. The number of hydrogen-bond donors (Lipinski definition) is 0. The number of nitrogens with zero attached hydrogens (tertiary/aromatic N) is 2. The van der Waals surface area contributed by atoms with Crippen molar-refractivity contribution in [2.45, 2.75) is 0 Å². The molecule has 0 unspecified atom stereocenters. The normalized spacial score (nSPS) is 10.9. The van der Waals surface area contributed by atoms with E-state index in [9.17, 15) is 0 Å². The second-order valence-corrected chi connectivity index (χ2v) is 5.47. The largest absolute Gasteiger partial charge is 0.299 e. The van der Waals surface area contributed by atoms with Gasteiger partial charge in [0.15, 0.2) is 0 Å². The van der Waals surface area contributed by atoms with E-state index in [-0.39, 0.29) is 0 Å². The molecule has 4 heteroatoms. The Balaban J connectivity index is 2.24. The van der Waals surface area contributed by atoms with Crippen molar-refractivity contribution in [2.75, 3.05) is 0 Å². The third-order valence-electron chi connectivity index (χ3n) is 2.63. The molecule has 0 spiro atoms. The third-order valence-corrected chi connectivity index (χ3v) is 3.80. The predicted octanol–water partition coefficient (Wildman–Crippen LogP) is 4.55. The zero-order chi connectivity index (χ0) is 11.8. The molecule has 3 rings (SSSR count). The summed E-state index contributed by atoms with van der Waals surface area (Å²) in [6.07, 6.45) is 1.85.